The maximum atomic E-state index is 8.37. The number of hydrogen-bond donors (Lipinski definition) is 1. The first-order valence-electron chi connectivity index (χ1n) is 4.40. The van der Waals surface area contributed by atoms with Crippen LogP contribution in [0, 0.1) is 17.2 Å². The molecule has 1 unspecified atom stereocenters. The van der Waals surface area contributed by atoms with Crippen LogP contribution in [0.1, 0.15) is 20.8 Å². The molecule has 0 spiro atoms. The molecule has 0 fully saturated rings. The SMILES string of the molecule is CCOCC(NCC#N)C(C)C. The highest BCUT2D eigenvalue weighted by atomic mass is 16.5. The second kappa shape index (κ2) is 7.08. The first-order valence-corrected chi connectivity index (χ1v) is 4.40. The fourth-order valence-electron chi connectivity index (χ4n) is 0.909. The molecule has 12 heavy (non-hydrogen) atoms. The van der Waals surface area contributed by atoms with Gasteiger partial charge in [-0.05, 0) is 12.8 Å². The molecule has 0 aromatic rings. The highest BCUT2D eigenvalue weighted by molar-refractivity contribution is 4.79. The molecule has 0 aromatic carbocycles. The van der Waals surface area contributed by atoms with Crippen molar-refractivity contribution < 1.29 is 4.74 Å². The minimum atomic E-state index is 0.296. The largest absolute Gasteiger partial charge is 0.380 e. The van der Waals surface area contributed by atoms with Crippen LogP contribution in [0.25, 0.3) is 0 Å². The molecule has 0 aliphatic carbocycles. The lowest BCUT2D eigenvalue weighted by atomic mass is 10.1. The number of rotatable bonds is 6. The van der Waals surface area contributed by atoms with Crippen LogP contribution in [-0.4, -0.2) is 25.8 Å². The van der Waals surface area contributed by atoms with Gasteiger partial charge in [0.1, 0.15) is 0 Å². The molecule has 0 amide bonds. The molecule has 3 nitrogen and oxygen atoms in total. The van der Waals surface area contributed by atoms with Crippen molar-refractivity contribution in [3.05, 3.63) is 0 Å². The van der Waals surface area contributed by atoms with Gasteiger partial charge >= 0.3 is 0 Å². The van der Waals surface area contributed by atoms with Crippen molar-refractivity contribution in [1.29, 1.82) is 5.26 Å². The fourth-order valence-corrected chi connectivity index (χ4v) is 0.909. The summed E-state index contributed by atoms with van der Waals surface area (Å²) in [7, 11) is 0. The fraction of sp³-hybridized carbons (Fsp3) is 0.889. The van der Waals surface area contributed by atoms with Gasteiger partial charge in [0.05, 0.1) is 19.2 Å². The molecule has 0 aliphatic heterocycles. The van der Waals surface area contributed by atoms with E-state index in [9.17, 15) is 0 Å². The maximum Gasteiger partial charge on any atom is 0.0843 e. The Kier molecular flexibility index (Phi) is 6.73. The molecule has 3 heteroatoms. The molecule has 1 N–H and O–H groups in total. The molecule has 0 bridgehead atoms. The Hall–Kier alpha value is -0.590. The Morgan fingerprint density at radius 2 is 2.17 bits per heavy atom. The lowest BCUT2D eigenvalue weighted by Crippen LogP contribution is -2.38. The van der Waals surface area contributed by atoms with Gasteiger partial charge in [-0.2, -0.15) is 5.26 Å². The smallest absolute Gasteiger partial charge is 0.0843 e. The molecule has 0 radical (unpaired) electrons. The van der Waals surface area contributed by atoms with E-state index >= 15 is 0 Å². The lowest BCUT2D eigenvalue weighted by molar-refractivity contribution is 0.110. The van der Waals surface area contributed by atoms with Crippen LogP contribution in [-0.2, 0) is 4.74 Å². The molecule has 0 aromatic heterocycles. The molecule has 0 saturated carbocycles. The molecule has 70 valence electrons. The average Bonchev–Trinajstić information content (AvgIpc) is 2.04. The summed E-state index contributed by atoms with van der Waals surface area (Å²) >= 11 is 0. The molecule has 0 heterocycles. The number of nitriles is 1. The summed E-state index contributed by atoms with van der Waals surface area (Å²) in [6.07, 6.45) is 0. The van der Waals surface area contributed by atoms with E-state index < -0.39 is 0 Å². The minimum absolute atomic E-state index is 0.296. The molecular formula is C9H18N2O. The van der Waals surface area contributed by atoms with Crippen molar-refractivity contribution in [2.75, 3.05) is 19.8 Å². The second-order valence-electron chi connectivity index (χ2n) is 3.05. The zero-order valence-electron chi connectivity index (χ0n) is 8.13. The first-order chi connectivity index (χ1) is 5.72. The average molecular weight is 170 g/mol. The zero-order valence-corrected chi connectivity index (χ0v) is 8.13. The van der Waals surface area contributed by atoms with Crippen LogP contribution in [0.15, 0.2) is 0 Å². The van der Waals surface area contributed by atoms with E-state index in [0.29, 0.717) is 25.1 Å². The molecular weight excluding hydrogens is 152 g/mol. The van der Waals surface area contributed by atoms with Gasteiger partial charge in [0.15, 0.2) is 0 Å². The second-order valence-corrected chi connectivity index (χ2v) is 3.05. The summed E-state index contributed by atoms with van der Waals surface area (Å²) in [5.41, 5.74) is 0. The normalized spacial score (nSPS) is 12.9. The van der Waals surface area contributed by atoms with E-state index in [2.05, 4.69) is 25.2 Å². The van der Waals surface area contributed by atoms with E-state index in [4.69, 9.17) is 10.00 Å². The van der Waals surface area contributed by atoms with Crippen molar-refractivity contribution in [2.24, 2.45) is 5.92 Å². The van der Waals surface area contributed by atoms with Gasteiger partial charge in [-0.3, -0.25) is 5.32 Å². The number of ether oxygens (including phenoxy) is 1. The predicted molar refractivity (Wildman–Crippen MR) is 48.7 cm³/mol. The molecule has 0 rings (SSSR count). The van der Waals surface area contributed by atoms with E-state index in [1.54, 1.807) is 0 Å². The predicted octanol–water partition coefficient (Wildman–Crippen LogP) is 1.16. The third-order valence-electron chi connectivity index (χ3n) is 1.75. The van der Waals surface area contributed by atoms with Gasteiger partial charge < -0.3 is 4.74 Å². The first kappa shape index (κ1) is 11.4. The van der Waals surface area contributed by atoms with Gasteiger partial charge in [0.25, 0.3) is 0 Å². The van der Waals surface area contributed by atoms with Crippen LogP contribution < -0.4 is 5.32 Å². The Labute approximate surface area is 74.7 Å². The highest BCUT2D eigenvalue weighted by Gasteiger charge is 2.11. The quantitative estimate of drug-likeness (QED) is 0.608. The summed E-state index contributed by atoms with van der Waals surface area (Å²) in [6.45, 7) is 8.03. The highest BCUT2D eigenvalue weighted by Crippen LogP contribution is 2.01. The van der Waals surface area contributed by atoms with Gasteiger partial charge in [0, 0.05) is 12.6 Å². The summed E-state index contributed by atoms with van der Waals surface area (Å²) in [4.78, 5) is 0. The monoisotopic (exact) mass is 170 g/mol. The van der Waals surface area contributed by atoms with Crippen LogP contribution in [0.2, 0.25) is 0 Å². The van der Waals surface area contributed by atoms with Crippen LogP contribution in [0.3, 0.4) is 0 Å². The summed E-state index contributed by atoms with van der Waals surface area (Å²) in [5.74, 6) is 0.505. The van der Waals surface area contributed by atoms with Crippen LogP contribution >= 0.6 is 0 Å². The van der Waals surface area contributed by atoms with E-state index in [0.717, 1.165) is 6.61 Å². The summed E-state index contributed by atoms with van der Waals surface area (Å²) in [5, 5.41) is 11.5. The molecule has 0 saturated heterocycles. The van der Waals surface area contributed by atoms with Crippen molar-refractivity contribution in [2.45, 2.75) is 26.8 Å². The van der Waals surface area contributed by atoms with Crippen LogP contribution in [0.5, 0.6) is 0 Å². The number of hydrogen-bond acceptors (Lipinski definition) is 3. The van der Waals surface area contributed by atoms with E-state index in [-0.39, 0.29) is 0 Å². The Morgan fingerprint density at radius 1 is 1.50 bits per heavy atom. The van der Waals surface area contributed by atoms with Crippen molar-refractivity contribution >= 4 is 0 Å². The Bertz CT molecular complexity index is 140. The third kappa shape index (κ3) is 5.11. The summed E-state index contributed by atoms with van der Waals surface area (Å²) in [6, 6.07) is 2.36. The maximum absolute atomic E-state index is 8.37. The third-order valence-corrected chi connectivity index (χ3v) is 1.75. The Morgan fingerprint density at radius 3 is 2.58 bits per heavy atom. The Balaban J connectivity index is 3.64. The van der Waals surface area contributed by atoms with Gasteiger partial charge in [-0.1, -0.05) is 13.8 Å². The van der Waals surface area contributed by atoms with Crippen molar-refractivity contribution in [3.8, 4) is 6.07 Å². The van der Waals surface area contributed by atoms with Gasteiger partial charge in [-0.25, -0.2) is 0 Å². The minimum Gasteiger partial charge on any atom is -0.380 e. The molecule has 0 aliphatic rings. The van der Waals surface area contributed by atoms with E-state index in [1.807, 2.05) is 6.92 Å². The topological polar surface area (TPSA) is 45.0 Å². The lowest BCUT2D eigenvalue weighted by Gasteiger charge is -2.20. The number of nitrogens with zero attached hydrogens (tertiary/aromatic N) is 1. The van der Waals surface area contributed by atoms with Gasteiger partial charge in [-0.15, -0.1) is 0 Å². The van der Waals surface area contributed by atoms with Crippen molar-refractivity contribution in [3.63, 3.8) is 0 Å². The van der Waals surface area contributed by atoms with Crippen molar-refractivity contribution in [1.82, 2.24) is 5.32 Å². The zero-order chi connectivity index (χ0) is 9.40. The van der Waals surface area contributed by atoms with Crippen LogP contribution in [0.4, 0.5) is 0 Å². The summed E-state index contributed by atoms with van der Waals surface area (Å²) < 4.78 is 5.28. The standard InChI is InChI=1S/C9H18N2O/c1-4-12-7-9(8(2)3)11-6-5-10/h8-9,11H,4,6-7H2,1-3H3. The number of nitrogens with one attached hydrogen (secondary N) is 1. The molecule has 1 atom stereocenters. The van der Waals surface area contributed by atoms with Gasteiger partial charge in [0.2, 0.25) is 0 Å². The van der Waals surface area contributed by atoms with E-state index in [1.165, 1.54) is 0 Å².